The number of amides is 2. The van der Waals surface area contributed by atoms with Crippen LogP contribution in [0.15, 0.2) is 79.3 Å². The zero-order chi connectivity index (χ0) is 28.8. The highest BCUT2D eigenvalue weighted by molar-refractivity contribution is 6.30. The molecular weight excluding hydrogens is 540 g/mol. The van der Waals surface area contributed by atoms with Crippen LogP contribution in [-0.4, -0.2) is 34.0 Å². The molecule has 0 bridgehead atoms. The van der Waals surface area contributed by atoms with E-state index in [9.17, 15) is 14.9 Å². The number of imidazole rings is 1. The van der Waals surface area contributed by atoms with Crippen LogP contribution in [-0.2, 0) is 24.3 Å². The highest BCUT2D eigenvalue weighted by Crippen LogP contribution is 2.35. The topological polar surface area (TPSA) is 135 Å². The molecule has 1 aromatic heterocycles. The van der Waals surface area contributed by atoms with E-state index in [4.69, 9.17) is 22.1 Å². The fraction of sp³-hybridized carbons (Fsp3) is 0.226. The number of hydrogen-bond acceptors (Lipinski definition) is 6. The molecule has 0 spiro atoms. The Balaban J connectivity index is 1.28. The molecule has 0 radical (unpaired) electrons. The fourth-order valence-electron chi connectivity index (χ4n) is 4.93. The molecule has 2 amide bonds. The van der Waals surface area contributed by atoms with E-state index in [1.807, 2.05) is 41.1 Å². The molecule has 2 heterocycles. The number of rotatable bonds is 10. The third kappa shape index (κ3) is 6.74. The number of primary amides is 1. The number of nitrogens with one attached hydrogen (secondary N) is 2. The first-order valence-corrected chi connectivity index (χ1v) is 13.6. The Morgan fingerprint density at radius 2 is 1.95 bits per heavy atom. The van der Waals surface area contributed by atoms with E-state index in [2.05, 4.69) is 21.7 Å². The van der Waals surface area contributed by atoms with Crippen LogP contribution in [0.25, 0.3) is 0 Å². The van der Waals surface area contributed by atoms with Crippen molar-refractivity contribution in [2.75, 3.05) is 6.61 Å². The molecule has 0 saturated heterocycles. The predicted molar refractivity (Wildman–Crippen MR) is 154 cm³/mol. The Hall–Kier alpha value is -4.65. The SMILES string of the molecule is N#Cc1cccc(Cn2cncc2CNC2CCOc3c(C(=O)N[C@@H](Cc4ccc(Cl)cc4)C(N)=O)cccc32)c1. The maximum Gasteiger partial charge on any atom is 0.255 e. The van der Waals surface area contributed by atoms with Gasteiger partial charge in [-0.15, -0.1) is 0 Å². The molecule has 0 saturated carbocycles. The van der Waals surface area contributed by atoms with Gasteiger partial charge in [0.1, 0.15) is 11.8 Å². The van der Waals surface area contributed by atoms with Crippen LogP contribution in [0.3, 0.4) is 0 Å². The first kappa shape index (κ1) is 27.9. The Bertz CT molecular complexity index is 1590. The van der Waals surface area contributed by atoms with Gasteiger partial charge in [-0.2, -0.15) is 5.26 Å². The third-order valence-corrected chi connectivity index (χ3v) is 7.31. The first-order chi connectivity index (χ1) is 19.9. The lowest BCUT2D eigenvalue weighted by Crippen LogP contribution is -2.46. The number of ether oxygens (including phenoxy) is 1. The Labute approximate surface area is 242 Å². The predicted octanol–water partition coefficient (Wildman–Crippen LogP) is 3.90. The Kier molecular flexibility index (Phi) is 8.63. The first-order valence-electron chi connectivity index (χ1n) is 13.2. The smallest absolute Gasteiger partial charge is 0.255 e. The van der Waals surface area contributed by atoms with Gasteiger partial charge < -0.3 is 25.7 Å². The van der Waals surface area contributed by atoms with Gasteiger partial charge in [0.05, 0.1) is 35.8 Å². The number of aromatic nitrogens is 2. The lowest BCUT2D eigenvalue weighted by Gasteiger charge is -2.28. The van der Waals surface area contributed by atoms with Gasteiger partial charge in [-0.05, 0) is 41.5 Å². The van der Waals surface area contributed by atoms with Crippen molar-refractivity contribution in [2.24, 2.45) is 5.73 Å². The van der Waals surface area contributed by atoms with Crippen molar-refractivity contribution in [1.29, 1.82) is 5.26 Å². The van der Waals surface area contributed by atoms with Gasteiger partial charge in [-0.1, -0.05) is 48.0 Å². The fourth-order valence-corrected chi connectivity index (χ4v) is 5.06. The van der Waals surface area contributed by atoms with Gasteiger partial charge in [0.25, 0.3) is 5.91 Å². The third-order valence-electron chi connectivity index (χ3n) is 7.06. The monoisotopic (exact) mass is 568 g/mol. The molecule has 4 N–H and O–H groups in total. The van der Waals surface area contributed by atoms with Gasteiger partial charge in [0.2, 0.25) is 5.91 Å². The number of nitrogens with two attached hydrogens (primary N) is 1. The minimum atomic E-state index is -0.897. The number of hydrogen-bond donors (Lipinski definition) is 3. The summed E-state index contributed by atoms with van der Waals surface area (Å²) in [4.78, 5) is 29.8. The van der Waals surface area contributed by atoms with Crippen LogP contribution < -0.4 is 21.1 Å². The van der Waals surface area contributed by atoms with Crippen molar-refractivity contribution < 1.29 is 14.3 Å². The molecule has 41 heavy (non-hydrogen) atoms. The summed E-state index contributed by atoms with van der Waals surface area (Å²) in [5.74, 6) is -0.572. The average Bonchev–Trinajstić information content (AvgIpc) is 3.43. The van der Waals surface area contributed by atoms with Gasteiger partial charge in [0, 0.05) is 48.8 Å². The van der Waals surface area contributed by atoms with Crippen LogP contribution in [0.5, 0.6) is 5.75 Å². The number of nitrogens with zero attached hydrogens (tertiary/aromatic N) is 3. The van der Waals surface area contributed by atoms with Gasteiger partial charge >= 0.3 is 0 Å². The summed E-state index contributed by atoms with van der Waals surface area (Å²) in [7, 11) is 0. The summed E-state index contributed by atoms with van der Waals surface area (Å²) < 4.78 is 8.01. The molecule has 9 nitrogen and oxygen atoms in total. The lowest BCUT2D eigenvalue weighted by atomic mass is 9.96. The molecular formula is C31H29ClN6O3. The zero-order valence-electron chi connectivity index (χ0n) is 22.2. The summed E-state index contributed by atoms with van der Waals surface area (Å²) in [6.45, 7) is 1.57. The minimum absolute atomic E-state index is 0.0576. The van der Waals surface area contributed by atoms with Gasteiger partial charge in [-0.3, -0.25) is 9.59 Å². The molecule has 208 valence electrons. The molecule has 2 atom stereocenters. The van der Waals surface area contributed by atoms with Crippen molar-refractivity contribution in [1.82, 2.24) is 20.2 Å². The maximum atomic E-state index is 13.3. The molecule has 4 aromatic rings. The largest absolute Gasteiger partial charge is 0.492 e. The van der Waals surface area contributed by atoms with Crippen molar-refractivity contribution in [3.63, 3.8) is 0 Å². The van der Waals surface area contributed by atoms with E-state index in [0.717, 1.165) is 28.8 Å². The Morgan fingerprint density at radius 3 is 2.73 bits per heavy atom. The van der Waals surface area contributed by atoms with Gasteiger partial charge in [-0.25, -0.2) is 4.98 Å². The van der Waals surface area contributed by atoms with Crippen molar-refractivity contribution in [2.45, 2.75) is 38.0 Å². The summed E-state index contributed by atoms with van der Waals surface area (Å²) in [6, 6.07) is 21.2. The number of halogens is 1. The second-order valence-corrected chi connectivity index (χ2v) is 10.3. The van der Waals surface area contributed by atoms with Gasteiger partial charge in [0.15, 0.2) is 0 Å². The van der Waals surface area contributed by atoms with Crippen molar-refractivity contribution in [3.05, 3.63) is 118 Å². The summed E-state index contributed by atoms with van der Waals surface area (Å²) >= 11 is 5.96. The second-order valence-electron chi connectivity index (χ2n) is 9.88. The van der Waals surface area contributed by atoms with Crippen LogP contribution in [0.2, 0.25) is 5.02 Å². The Morgan fingerprint density at radius 1 is 1.15 bits per heavy atom. The molecule has 1 aliphatic heterocycles. The number of fused-ring (bicyclic) bond motifs is 1. The molecule has 1 aliphatic rings. The standard InChI is InChI=1S/C31H29ClN6O3/c32-23-9-7-20(8-10-23)14-28(30(34)39)37-31(40)26-6-2-5-25-27(11-12-41-29(25)26)36-17-24-16-35-19-38(24)18-22-4-1-3-21(13-22)15-33/h1-10,13,16,19,27-28,36H,11-12,14,17-18H2,(H2,34,39)(H,37,40)/t27?,28-/m0/s1. The molecule has 5 rings (SSSR count). The van der Waals surface area contributed by atoms with Crippen molar-refractivity contribution in [3.8, 4) is 11.8 Å². The summed E-state index contributed by atoms with van der Waals surface area (Å²) in [6.07, 6.45) is 4.55. The van der Waals surface area contributed by atoms with E-state index in [-0.39, 0.29) is 12.5 Å². The number of benzene rings is 3. The minimum Gasteiger partial charge on any atom is -0.492 e. The molecule has 3 aromatic carbocycles. The molecule has 0 aliphatic carbocycles. The van der Waals surface area contributed by atoms with E-state index in [0.29, 0.717) is 41.6 Å². The second kappa shape index (κ2) is 12.7. The van der Waals surface area contributed by atoms with Crippen LogP contribution in [0.1, 0.15) is 50.8 Å². The summed E-state index contributed by atoms with van der Waals surface area (Å²) in [5, 5.41) is 16.1. The van der Waals surface area contributed by atoms with E-state index < -0.39 is 17.9 Å². The normalized spacial score (nSPS) is 14.8. The van der Waals surface area contributed by atoms with E-state index in [1.54, 1.807) is 42.7 Å². The van der Waals surface area contributed by atoms with Crippen LogP contribution in [0, 0.1) is 11.3 Å². The van der Waals surface area contributed by atoms with E-state index >= 15 is 0 Å². The van der Waals surface area contributed by atoms with Crippen molar-refractivity contribution >= 4 is 23.4 Å². The summed E-state index contributed by atoms with van der Waals surface area (Å²) in [5.41, 5.74) is 10.3. The number of carbonyl (C=O) groups is 2. The molecule has 0 fully saturated rings. The average molecular weight is 569 g/mol. The quantitative estimate of drug-likeness (QED) is 0.265. The highest BCUT2D eigenvalue weighted by Gasteiger charge is 2.28. The van der Waals surface area contributed by atoms with E-state index in [1.165, 1.54) is 0 Å². The number of para-hydroxylation sites is 1. The maximum absolute atomic E-state index is 13.3. The zero-order valence-corrected chi connectivity index (χ0v) is 23.0. The number of nitriles is 1. The molecule has 10 heteroatoms. The highest BCUT2D eigenvalue weighted by atomic mass is 35.5. The lowest BCUT2D eigenvalue weighted by molar-refractivity contribution is -0.119. The van der Waals surface area contributed by atoms with Crippen LogP contribution in [0.4, 0.5) is 0 Å². The van der Waals surface area contributed by atoms with Crippen LogP contribution >= 0.6 is 11.6 Å². The number of carbonyl (C=O) groups excluding carboxylic acids is 2. The molecule has 1 unspecified atom stereocenters.